The predicted molar refractivity (Wildman–Crippen MR) is 161 cm³/mol. The molecule has 0 spiro atoms. The van der Waals surface area contributed by atoms with Crippen molar-refractivity contribution in [1.82, 2.24) is 19.9 Å². The minimum absolute atomic E-state index is 0.0641. The number of nitrogens with one attached hydrogen (secondary N) is 1. The number of hydrogen-bond donors (Lipinski definition) is 1. The van der Waals surface area contributed by atoms with Crippen LogP contribution in [0.25, 0.3) is 22.2 Å². The zero-order chi connectivity index (χ0) is 29.5. The summed E-state index contributed by atoms with van der Waals surface area (Å²) in [5.41, 5.74) is 3.35. The van der Waals surface area contributed by atoms with Crippen LogP contribution in [0.15, 0.2) is 73.1 Å². The molecule has 10 heteroatoms. The number of rotatable bonds is 5. The summed E-state index contributed by atoms with van der Waals surface area (Å²) < 4.78 is 51.4. The van der Waals surface area contributed by atoms with Crippen LogP contribution >= 0.6 is 0 Å². The highest BCUT2D eigenvalue weighted by atomic mass is 19.1. The molecule has 5 aromatic rings. The Morgan fingerprint density at radius 1 is 0.860 bits per heavy atom. The van der Waals surface area contributed by atoms with Gasteiger partial charge < -0.3 is 19.9 Å². The third kappa shape index (κ3) is 5.23. The first-order valence-electron chi connectivity index (χ1n) is 14.3. The van der Waals surface area contributed by atoms with Gasteiger partial charge in [0.25, 0.3) is 0 Å². The molecule has 7 rings (SSSR count). The molecule has 2 aliphatic rings. The van der Waals surface area contributed by atoms with Gasteiger partial charge in [-0.2, -0.15) is 0 Å². The van der Waals surface area contributed by atoms with Crippen molar-refractivity contribution in [2.45, 2.75) is 18.8 Å². The second-order valence-corrected chi connectivity index (χ2v) is 11.0. The predicted octanol–water partition coefficient (Wildman–Crippen LogP) is 7.19. The molecule has 43 heavy (non-hydrogen) atoms. The van der Waals surface area contributed by atoms with Gasteiger partial charge in [-0.25, -0.2) is 23.1 Å². The van der Waals surface area contributed by atoms with E-state index in [-0.39, 0.29) is 41.3 Å². The normalized spacial score (nSPS) is 15.8. The van der Waals surface area contributed by atoms with Crippen molar-refractivity contribution in [2.75, 3.05) is 43.5 Å². The molecule has 0 atom stereocenters. The second kappa shape index (κ2) is 11.2. The maximum atomic E-state index is 15.5. The molecule has 3 aromatic carbocycles. The third-order valence-corrected chi connectivity index (χ3v) is 8.22. The highest BCUT2D eigenvalue weighted by Crippen LogP contribution is 2.43. The monoisotopic (exact) mass is 582 g/mol. The van der Waals surface area contributed by atoms with E-state index in [1.54, 1.807) is 24.4 Å². The van der Waals surface area contributed by atoms with Gasteiger partial charge in [-0.3, -0.25) is 4.98 Å². The molecule has 0 amide bonds. The number of benzene rings is 3. The fraction of sp³-hybridized carbons (Fsp3) is 0.242. The number of piperidine rings is 1. The quantitative estimate of drug-likeness (QED) is 0.235. The molecule has 0 unspecified atom stereocenters. The van der Waals surface area contributed by atoms with Gasteiger partial charge in [0.05, 0.1) is 29.6 Å². The van der Waals surface area contributed by atoms with Crippen molar-refractivity contribution in [1.29, 1.82) is 0 Å². The smallest absolute Gasteiger partial charge is 0.227 e. The molecule has 0 bridgehead atoms. The van der Waals surface area contributed by atoms with E-state index >= 15 is 13.2 Å². The first-order valence-corrected chi connectivity index (χ1v) is 14.3. The fourth-order valence-corrected chi connectivity index (χ4v) is 6.01. The molecule has 4 heterocycles. The Balaban J connectivity index is 1.21. The van der Waals surface area contributed by atoms with Crippen LogP contribution in [0.4, 0.5) is 36.2 Å². The Hall–Kier alpha value is -4.70. The van der Waals surface area contributed by atoms with E-state index in [2.05, 4.69) is 32.2 Å². The van der Waals surface area contributed by atoms with Crippen molar-refractivity contribution in [3.05, 3.63) is 96.1 Å². The summed E-state index contributed by atoms with van der Waals surface area (Å²) in [6, 6.07) is 17.4. The molecule has 1 saturated heterocycles. The summed E-state index contributed by atoms with van der Waals surface area (Å²) in [6.07, 6.45) is 4.55. The van der Waals surface area contributed by atoms with Gasteiger partial charge in [0.1, 0.15) is 18.1 Å². The molecular formula is C33H29F3N6O. The molecule has 0 aliphatic carbocycles. The maximum absolute atomic E-state index is 15.5. The fourth-order valence-electron chi connectivity index (χ4n) is 6.01. The van der Waals surface area contributed by atoms with Gasteiger partial charge in [-0.15, -0.1) is 0 Å². The topological polar surface area (TPSA) is 66.4 Å². The number of aromatic nitrogens is 3. The van der Waals surface area contributed by atoms with E-state index in [4.69, 9.17) is 4.74 Å². The Morgan fingerprint density at radius 3 is 2.56 bits per heavy atom. The van der Waals surface area contributed by atoms with Gasteiger partial charge in [0.15, 0.2) is 17.4 Å². The van der Waals surface area contributed by atoms with E-state index < -0.39 is 11.6 Å². The number of halogens is 3. The Kier molecular flexibility index (Phi) is 7.06. The van der Waals surface area contributed by atoms with Gasteiger partial charge in [-0.05, 0) is 93.0 Å². The number of pyridine rings is 1. The first kappa shape index (κ1) is 27.2. The molecule has 0 saturated carbocycles. The minimum Gasteiger partial charge on any atom is -0.486 e. The zero-order valence-electron chi connectivity index (χ0n) is 23.5. The van der Waals surface area contributed by atoms with Crippen molar-refractivity contribution < 1.29 is 17.9 Å². The number of fused-ring (bicyclic) bond motifs is 2. The molecule has 2 aromatic heterocycles. The first-order chi connectivity index (χ1) is 20.9. The SMILES string of the molecule is CN1CCC(c2ccc(Nc3ncc(F)c(-c4cc(F)c5c(c4)N(c4cccc6ncccc46)CCO5)n3)cc2F)CC1. The van der Waals surface area contributed by atoms with Crippen LogP contribution in [0.1, 0.15) is 24.3 Å². The lowest BCUT2D eigenvalue weighted by Crippen LogP contribution is -2.29. The van der Waals surface area contributed by atoms with Crippen LogP contribution < -0.4 is 15.0 Å². The van der Waals surface area contributed by atoms with Crippen molar-refractivity contribution in [3.63, 3.8) is 0 Å². The average Bonchev–Trinajstić information content (AvgIpc) is 3.02. The molecule has 1 fully saturated rings. The van der Waals surface area contributed by atoms with Gasteiger partial charge in [0, 0.05) is 22.8 Å². The van der Waals surface area contributed by atoms with Crippen LogP contribution in [0.3, 0.4) is 0 Å². The molecule has 2 aliphatic heterocycles. The van der Waals surface area contributed by atoms with E-state index in [1.807, 2.05) is 35.2 Å². The van der Waals surface area contributed by atoms with Gasteiger partial charge in [0.2, 0.25) is 5.95 Å². The summed E-state index contributed by atoms with van der Waals surface area (Å²) >= 11 is 0. The summed E-state index contributed by atoms with van der Waals surface area (Å²) in [4.78, 5) is 17.0. The van der Waals surface area contributed by atoms with Crippen LogP contribution in [-0.4, -0.2) is 53.1 Å². The lowest BCUT2D eigenvalue weighted by molar-refractivity contribution is 0.253. The Morgan fingerprint density at radius 2 is 1.72 bits per heavy atom. The number of anilines is 4. The summed E-state index contributed by atoms with van der Waals surface area (Å²) in [7, 11) is 2.07. The highest BCUT2D eigenvalue weighted by Gasteiger charge is 2.27. The van der Waals surface area contributed by atoms with Crippen molar-refractivity contribution in [2.24, 2.45) is 0 Å². The lowest BCUT2D eigenvalue weighted by Gasteiger charge is -2.32. The molecule has 1 N–H and O–H groups in total. The number of hydrogen-bond acceptors (Lipinski definition) is 7. The summed E-state index contributed by atoms with van der Waals surface area (Å²) in [5.74, 6) is -1.33. The van der Waals surface area contributed by atoms with Gasteiger partial charge in [-0.1, -0.05) is 12.1 Å². The lowest BCUT2D eigenvalue weighted by atomic mass is 9.89. The highest BCUT2D eigenvalue weighted by molar-refractivity contribution is 5.95. The van der Waals surface area contributed by atoms with E-state index in [0.29, 0.717) is 23.5 Å². The number of ether oxygens (including phenoxy) is 1. The standard InChI is InChI=1S/C33H29F3N6O/c1-41-12-9-20(10-13-41)23-8-7-22(18-25(23)34)39-33-38-19-27(36)31(40-33)21-16-26(35)32-30(17-21)42(14-15-43-32)29-6-2-5-28-24(29)4-3-11-37-28/h2-8,11,16-20H,9-10,12-15H2,1H3,(H,38,39,40). The van der Waals surface area contributed by atoms with Crippen molar-refractivity contribution >= 4 is 33.9 Å². The van der Waals surface area contributed by atoms with Crippen LogP contribution in [0.2, 0.25) is 0 Å². The van der Waals surface area contributed by atoms with Crippen LogP contribution in [-0.2, 0) is 0 Å². The van der Waals surface area contributed by atoms with E-state index in [0.717, 1.165) is 48.7 Å². The second-order valence-electron chi connectivity index (χ2n) is 11.0. The van der Waals surface area contributed by atoms with Crippen LogP contribution in [0.5, 0.6) is 5.75 Å². The number of likely N-dealkylation sites (tertiary alicyclic amines) is 1. The third-order valence-electron chi connectivity index (χ3n) is 8.22. The zero-order valence-corrected chi connectivity index (χ0v) is 23.5. The van der Waals surface area contributed by atoms with Crippen LogP contribution in [0, 0.1) is 17.5 Å². The van der Waals surface area contributed by atoms with Gasteiger partial charge >= 0.3 is 0 Å². The summed E-state index contributed by atoms with van der Waals surface area (Å²) in [6.45, 7) is 2.61. The van der Waals surface area contributed by atoms with E-state index in [9.17, 15) is 0 Å². The number of nitrogens with zero attached hydrogens (tertiary/aromatic N) is 5. The molecule has 218 valence electrons. The largest absolute Gasteiger partial charge is 0.486 e. The Labute approximate surface area is 247 Å². The maximum Gasteiger partial charge on any atom is 0.227 e. The summed E-state index contributed by atoms with van der Waals surface area (Å²) in [5, 5.41) is 3.88. The molecule has 0 radical (unpaired) electrons. The molecule has 7 nitrogen and oxygen atoms in total. The molecular weight excluding hydrogens is 553 g/mol. The average molecular weight is 583 g/mol. The van der Waals surface area contributed by atoms with E-state index in [1.165, 1.54) is 12.1 Å². The Bertz CT molecular complexity index is 1820. The van der Waals surface area contributed by atoms with Crippen molar-refractivity contribution in [3.8, 4) is 17.0 Å². The minimum atomic E-state index is -0.716.